The molecular weight excluding hydrogens is 478 g/mol. The number of anilines is 3. The second-order valence-electron chi connectivity index (χ2n) is 7.85. The minimum atomic E-state index is -0.486. The van der Waals surface area contributed by atoms with Gasteiger partial charge in [0.25, 0.3) is 5.91 Å². The maximum Gasteiger partial charge on any atom is 0.261 e. The van der Waals surface area contributed by atoms with E-state index >= 15 is 0 Å². The molecule has 3 amide bonds. The van der Waals surface area contributed by atoms with Gasteiger partial charge in [0, 0.05) is 37.6 Å². The molecule has 0 radical (unpaired) electrons. The number of rotatable bonds is 6. The van der Waals surface area contributed by atoms with E-state index in [9.17, 15) is 14.4 Å². The van der Waals surface area contributed by atoms with Crippen molar-refractivity contribution in [1.29, 1.82) is 0 Å². The summed E-state index contributed by atoms with van der Waals surface area (Å²) in [6, 6.07) is 10.7. The Morgan fingerprint density at radius 2 is 1.91 bits per heavy atom. The summed E-state index contributed by atoms with van der Waals surface area (Å²) in [5.74, 6) is -0.634. The summed E-state index contributed by atoms with van der Waals surface area (Å²) >= 11 is 7.43. The quantitative estimate of drug-likeness (QED) is 0.524. The molecule has 1 fully saturated rings. The lowest BCUT2D eigenvalue weighted by atomic mass is 10.1. The molecule has 11 heteroatoms. The zero-order chi connectivity index (χ0) is 24.4. The third-order valence-electron chi connectivity index (χ3n) is 5.33. The molecule has 1 aliphatic heterocycles. The second kappa shape index (κ2) is 9.78. The van der Waals surface area contributed by atoms with Crippen LogP contribution in [0.3, 0.4) is 0 Å². The Kier molecular flexibility index (Phi) is 6.80. The van der Waals surface area contributed by atoms with Crippen LogP contribution in [0.25, 0.3) is 0 Å². The van der Waals surface area contributed by atoms with Crippen LogP contribution in [0, 0.1) is 6.92 Å². The van der Waals surface area contributed by atoms with E-state index in [1.807, 2.05) is 31.2 Å². The summed E-state index contributed by atoms with van der Waals surface area (Å²) in [5.41, 5.74) is 2.49. The Bertz CT molecular complexity index is 1260. The smallest absolute Gasteiger partial charge is 0.261 e. The van der Waals surface area contributed by atoms with Crippen LogP contribution in [0.5, 0.6) is 5.75 Å². The zero-order valence-corrected chi connectivity index (χ0v) is 20.3. The molecule has 0 bridgehead atoms. The number of aromatic nitrogens is 2. The summed E-state index contributed by atoms with van der Waals surface area (Å²) in [6.45, 7) is 3.85. The van der Waals surface area contributed by atoms with Crippen molar-refractivity contribution in [3.8, 4) is 5.75 Å². The summed E-state index contributed by atoms with van der Waals surface area (Å²) in [5, 5.41) is 14.7. The largest absolute Gasteiger partial charge is 0.496 e. The third kappa shape index (κ3) is 5.02. The third-order valence-corrected chi connectivity index (χ3v) is 6.64. The molecule has 3 aromatic rings. The normalized spacial score (nSPS) is 15.4. The lowest BCUT2D eigenvalue weighted by Crippen LogP contribution is -2.24. The number of halogens is 1. The highest BCUT2D eigenvalue weighted by atomic mass is 35.5. The van der Waals surface area contributed by atoms with Crippen LogP contribution in [0.15, 0.2) is 36.4 Å². The van der Waals surface area contributed by atoms with Gasteiger partial charge in [0.2, 0.25) is 16.9 Å². The Labute approximate surface area is 205 Å². The molecule has 34 heavy (non-hydrogen) atoms. The molecule has 0 unspecified atom stereocenters. The Morgan fingerprint density at radius 3 is 2.59 bits per heavy atom. The maximum absolute atomic E-state index is 12.9. The van der Waals surface area contributed by atoms with E-state index in [2.05, 4.69) is 20.8 Å². The highest BCUT2D eigenvalue weighted by Crippen LogP contribution is 2.35. The lowest BCUT2D eigenvalue weighted by Gasteiger charge is -2.16. The van der Waals surface area contributed by atoms with Gasteiger partial charge in [0.05, 0.1) is 23.4 Å². The number of nitrogens with zero attached hydrogens (tertiary/aromatic N) is 3. The summed E-state index contributed by atoms with van der Waals surface area (Å²) in [6.07, 6.45) is 0.324. The molecule has 2 heterocycles. The van der Waals surface area contributed by atoms with E-state index in [0.29, 0.717) is 28.8 Å². The standard InChI is InChI=1S/C23H22ClN5O4S/c1-12-4-6-15(7-5-12)29-11-14(8-20(29)31)22-27-28-23(34-22)26-21(32)16-9-17(24)18(25-13(2)30)10-19(16)33-3/h4-7,9-10,14H,8,11H2,1-3H3,(H,25,30)(H,26,28,32)/t14-/m1/s1. The number of methoxy groups -OCH3 is 1. The fourth-order valence-electron chi connectivity index (χ4n) is 3.65. The molecule has 9 nitrogen and oxygen atoms in total. The first-order valence-electron chi connectivity index (χ1n) is 10.4. The lowest BCUT2D eigenvalue weighted by molar-refractivity contribution is -0.117. The summed E-state index contributed by atoms with van der Waals surface area (Å²) in [7, 11) is 1.41. The number of nitrogens with one attached hydrogen (secondary N) is 2. The predicted molar refractivity (Wildman–Crippen MR) is 131 cm³/mol. The molecule has 1 aromatic heterocycles. The number of carbonyl (C=O) groups excluding carboxylic acids is 3. The topological polar surface area (TPSA) is 114 Å². The molecule has 1 atom stereocenters. The molecule has 0 saturated carbocycles. The van der Waals surface area contributed by atoms with Crippen molar-refractivity contribution in [3.63, 3.8) is 0 Å². The SMILES string of the molecule is COc1cc(NC(C)=O)c(Cl)cc1C(=O)Nc1nnc([C@@H]2CC(=O)N(c3ccc(C)cc3)C2)s1. The van der Waals surface area contributed by atoms with E-state index in [0.717, 1.165) is 11.3 Å². The van der Waals surface area contributed by atoms with Crippen molar-refractivity contribution in [3.05, 3.63) is 57.6 Å². The Morgan fingerprint density at radius 1 is 1.18 bits per heavy atom. The van der Waals surface area contributed by atoms with Gasteiger partial charge >= 0.3 is 0 Å². The van der Waals surface area contributed by atoms with Gasteiger partial charge in [-0.1, -0.05) is 40.6 Å². The molecule has 176 valence electrons. The molecular formula is C23H22ClN5O4S. The Hall–Kier alpha value is -3.50. The first kappa shape index (κ1) is 23.7. The van der Waals surface area contributed by atoms with Gasteiger partial charge in [-0.25, -0.2) is 0 Å². The Balaban J connectivity index is 1.47. The van der Waals surface area contributed by atoms with Crippen molar-refractivity contribution in [2.75, 3.05) is 29.2 Å². The van der Waals surface area contributed by atoms with Crippen molar-refractivity contribution in [2.45, 2.75) is 26.2 Å². The molecule has 1 aliphatic rings. The van der Waals surface area contributed by atoms with Crippen LogP contribution in [0.2, 0.25) is 5.02 Å². The average Bonchev–Trinajstić information content (AvgIpc) is 3.41. The minimum absolute atomic E-state index is 0.0216. The number of carbonyl (C=O) groups is 3. The molecule has 4 rings (SSSR count). The highest BCUT2D eigenvalue weighted by molar-refractivity contribution is 7.15. The average molecular weight is 500 g/mol. The van der Waals surface area contributed by atoms with E-state index < -0.39 is 5.91 Å². The highest BCUT2D eigenvalue weighted by Gasteiger charge is 2.34. The minimum Gasteiger partial charge on any atom is -0.496 e. The molecule has 0 aliphatic carbocycles. The van der Waals surface area contributed by atoms with E-state index in [-0.39, 0.29) is 34.1 Å². The van der Waals surface area contributed by atoms with Crippen LogP contribution in [-0.4, -0.2) is 41.6 Å². The molecule has 2 aromatic carbocycles. The summed E-state index contributed by atoms with van der Waals surface area (Å²) in [4.78, 5) is 38.5. The number of amides is 3. The van der Waals surface area contributed by atoms with Gasteiger partial charge in [-0.3, -0.25) is 19.7 Å². The number of hydrogen-bond acceptors (Lipinski definition) is 7. The van der Waals surface area contributed by atoms with Gasteiger partial charge in [0.1, 0.15) is 10.8 Å². The van der Waals surface area contributed by atoms with Gasteiger partial charge < -0.3 is 15.0 Å². The number of benzene rings is 2. The number of aryl methyl sites for hydroxylation is 1. The van der Waals surface area contributed by atoms with Gasteiger partial charge in [-0.05, 0) is 25.1 Å². The second-order valence-corrected chi connectivity index (χ2v) is 9.27. The summed E-state index contributed by atoms with van der Waals surface area (Å²) < 4.78 is 5.29. The van der Waals surface area contributed by atoms with Crippen molar-refractivity contribution < 1.29 is 19.1 Å². The van der Waals surface area contributed by atoms with E-state index in [4.69, 9.17) is 16.3 Å². The van der Waals surface area contributed by atoms with Crippen molar-refractivity contribution in [1.82, 2.24) is 10.2 Å². The van der Waals surface area contributed by atoms with Crippen molar-refractivity contribution in [2.24, 2.45) is 0 Å². The predicted octanol–water partition coefficient (Wildman–Crippen LogP) is 4.24. The van der Waals surface area contributed by atoms with E-state index in [1.165, 1.54) is 37.5 Å². The van der Waals surface area contributed by atoms with Crippen LogP contribution in [0.1, 0.15) is 40.2 Å². The van der Waals surface area contributed by atoms with Crippen LogP contribution in [-0.2, 0) is 9.59 Å². The first-order chi connectivity index (χ1) is 16.2. The monoisotopic (exact) mass is 499 g/mol. The maximum atomic E-state index is 12.9. The van der Waals surface area contributed by atoms with Crippen LogP contribution < -0.4 is 20.3 Å². The van der Waals surface area contributed by atoms with Crippen LogP contribution >= 0.6 is 22.9 Å². The molecule has 1 saturated heterocycles. The van der Waals surface area contributed by atoms with Gasteiger partial charge in [-0.2, -0.15) is 0 Å². The number of hydrogen-bond donors (Lipinski definition) is 2. The van der Waals surface area contributed by atoms with Gasteiger partial charge in [0.15, 0.2) is 0 Å². The van der Waals surface area contributed by atoms with E-state index in [1.54, 1.807) is 4.90 Å². The number of ether oxygens (including phenoxy) is 1. The zero-order valence-electron chi connectivity index (χ0n) is 18.7. The molecule has 0 spiro atoms. The van der Waals surface area contributed by atoms with Gasteiger partial charge in [-0.15, -0.1) is 10.2 Å². The van der Waals surface area contributed by atoms with Crippen LogP contribution in [0.4, 0.5) is 16.5 Å². The van der Waals surface area contributed by atoms with Crippen molar-refractivity contribution >= 4 is 57.2 Å². The first-order valence-corrected chi connectivity index (χ1v) is 11.6. The molecule has 2 N–H and O–H groups in total. The fourth-order valence-corrected chi connectivity index (χ4v) is 4.69. The fraction of sp³-hybridized carbons (Fsp3) is 0.261.